The highest BCUT2D eigenvalue weighted by atomic mass is 35.5. The molecule has 0 radical (unpaired) electrons. The summed E-state index contributed by atoms with van der Waals surface area (Å²) in [5.41, 5.74) is 0.742. The van der Waals surface area contributed by atoms with Crippen molar-refractivity contribution >= 4 is 28.5 Å². The van der Waals surface area contributed by atoms with Crippen LogP contribution in [0, 0.1) is 0 Å². The summed E-state index contributed by atoms with van der Waals surface area (Å²) in [5, 5.41) is 9.93. The minimum atomic E-state index is -0.973. The lowest BCUT2D eigenvalue weighted by atomic mass is 10.1. The van der Waals surface area contributed by atoms with Gasteiger partial charge in [-0.25, -0.2) is 4.79 Å². The molecule has 14 heavy (non-hydrogen) atoms. The molecular weight excluding hydrogens is 202 g/mol. The Labute approximate surface area is 85.0 Å². The van der Waals surface area contributed by atoms with Crippen LogP contribution in [0.15, 0.2) is 30.5 Å². The Balaban J connectivity index is 2.88. The molecule has 0 bridgehead atoms. The van der Waals surface area contributed by atoms with E-state index < -0.39 is 5.97 Å². The lowest BCUT2D eigenvalue weighted by Gasteiger charge is -2.01. The van der Waals surface area contributed by atoms with E-state index in [1.165, 1.54) is 12.3 Å². The Morgan fingerprint density at radius 2 is 2.14 bits per heavy atom. The second-order valence-electron chi connectivity index (χ2n) is 2.80. The number of fused-ring (bicyclic) bond motifs is 1. The number of hydrogen-bond acceptors (Lipinski definition) is 2. The summed E-state index contributed by atoms with van der Waals surface area (Å²) in [6.45, 7) is 0. The third-order valence-corrected chi connectivity index (χ3v) is 2.26. The van der Waals surface area contributed by atoms with Crippen LogP contribution < -0.4 is 0 Å². The summed E-state index contributed by atoms with van der Waals surface area (Å²) >= 11 is 5.88. The minimum Gasteiger partial charge on any atom is -0.478 e. The fourth-order valence-corrected chi connectivity index (χ4v) is 1.55. The maximum absolute atomic E-state index is 10.9. The maximum Gasteiger partial charge on any atom is 0.336 e. The molecule has 0 saturated heterocycles. The van der Waals surface area contributed by atoms with E-state index in [9.17, 15) is 4.79 Å². The molecule has 0 unspecified atom stereocenters. The molecule has 1 N–H and O–H groups in total. The Morgan fingerprint density at radius 1 is 1.36 bits per heavy atom. The molecule has 0 aliphatic heterocycles. The highest BCUT2D eigenvalue weighted by Crippen LogP contribution is 2.23. The van der Waals surface area contributed by atoms with Crippen molar-refractivity contribution in [1.29, 1.82) is 0 Å². The maximum atomic E-state index is 10.9. The van der Waals surface area contributed by atoms with E-state index in [2.05, 4.69) is 4.98 Å². The van der Waals surface area contributed by atoms with Gasteiger partial charge in [-0.1, -0.05) is 23.7 Å². The number of nitrogens with zero attached hydrogens (tertiary/aromatic N) is 1. The van der Waals surface area contributed by atoms with E-state index >= 15 is 0 Å². The summed E-state index contributed by atoms with van der Waals surface area (Å²) in [6, 6.07) is 6.54. The quantitative estimate of drug-likeness (QED) is 0.782. The molecule has 0 aliphatic carbocycles. The number of benzene rings is 1. The Hall–Kier alpha value is -1.61. The molecule has 2 rings (SSSR count). The number of halogens is 1. The van der Waals surface area contributed by atoms with Crippen molar-refractivity contribution < 1.29 is 9.90 Å². The number of aromatic nitrogens is 1. The topological polar surface area (TPSA) is 50.2 Å². The van der Waals surface area contributed by atoms with Gasteiger partial charge in [0.1, 0.15) is 0 Å². The first-order valence-corrected chi connectivity index (χ1v) is 4.34. The summed E-state index contributed by atoms with van der Waals surface area (Å²) in [5.74, 6) is -0.973. The summed E-state index contributed by atoms with van der Waals surface area (Å²) in [7, 11) is 0. The molecule has 0 aliphatic rings. The van der Waals surface area contributed by atoms with E-state index in [-0.39, 0.29) is 5.56 Å². The second-order valence-corrected chi connectivity index (χ2v) is 3.21. The van der Waals surface area contributed by atoms with Crippen LogP contribution in [0.4, 0.5) is 0 Å². The van der Waals surface area contributed by atoms with E-state index in [4.69, 9.17) is 16.7 Å². The van der Waals surface area contributed by atoms with Gasteiger partial charge in [0.15, 0.2) is 0 Å². The third kappa shape index (κ3) is 1.32. The van der Waals surface area contributed by atoms with E-state index in [1.54, 1.807) is 18.2 Å². The first-order valence-electron chi connectivity index (χ1n) is 3.96. The molecule has 0 spiro atoms. The Bertz CT molecular complexity index is 510. The Kier molecular flexibility index (Phi) is 2.09. The van der Waals surface area contributed by atoms with Crippen LogP contribution in [0.1, 0.15) is 10.4 Å². The van der Waals surface area contributed by atoms with Crippen molar-refractivity contribution in [2.24, 2.45) is 0 Å². The van der Waals surface area contributed by atoms with Crippen molar-refractivity contribution in [3.63, 3.8) is 0 Å². The average molecular weight is 208 g/mol. The fourth-order valence-electron chi connectivity index (χ4n) is 1.33. The molecule has 0 amide bonds. The van der Waals surface area contributed by atoms with Crippen LogP contribution in [0.3, 0.4) is 0 Å². The number of carboxylic acid groups (broad SMARTS) is 1. The number of pyridine rings is 1. The molecule has 0 saturated carbocycles. The number of rotatable bonds is 1. The van der Waals surface area contributed by atoms with Crippen molar-refractivity contribution in [2.45, 2.75) is 0 Å². The lowest BCUT2D eigenvalue weighted by molar-refractivity contribution is 0.0699. The Morgan fingerprint density at radius 3 is 2.86 bits per heavy atom. The number of carbonyl (C=O) groups is 1. The summed E-state index contributed by atoms with van der Waals surface area (Å²) in [6.07, 6.45) is 1.44. The van der Waals surface area contributed by atoms with E-state index in [0.717, 1.165) is 0 Å². The lowest BCUT2D eigenvalue weighted by Crippen LogP contribution is -1.98. The number of para-hydroxylation sites is 1. The molecule has 1 heterocycles. The number of aromatic carboxylic acids is 1. The smallest absolute Gasteiger partial charge is 0.336 e. The predicted molar refractivity (Wildman–Crippen MR) is 53.7 cm³/mol. The van der Waals surface area contributed by atoms with Crippen LogP contribution in [0.5, 0.6) is 0 Å². The fraction of sp³-hybridized carbons (Fsp3) is 0. The van der Waals surface area contributed by atoms with Gasteiger partial charge in [-0.05, 0) is 12.1 Å². The van der Waals surface area contributed by atoms with Gasteiger partial charge in [0.2, 0.25) is 0 Å². The number of carboxylic acids is 1. The SMILES string of the molecule is O=C(O)c1ccnc2c(Cl)cccc12. The standard InChI is InChI=1S/C10H6ClNO2/c11-8-3-1-2-6-7(10(13)14)4-5-12-9(6)8/h1-5H,(H,13,14). The van der Waals surface area contributed by atoms with Gasteiger partial charge >= 0.3 is 5.97 Å². The molecule has 0 fully saturated rings. The number of hydrogen-bond donors (Lipinski definition) is 1. The van der Waals surface area contributed by atoms with Crippen molar-refractivity contribution in [3.8, 4) is 0 Å². The summed E-state index contributed by atoms with van der Waals surface area (Å²) < 4.78 is 0. The van der Waals surface area contributed by atoms with Crippen molar-refractivity contribution in [2.75, 3.05) is 0 Å². The van der Waals surface area contributed by atoms with Crippen LogP contribution in [-0.2, 0) is 0 Å². The molecule has 2 aromatic rings. The normalized spacial score (nSPS) is 10.4. The largest absolute Gasteiger partial charge is 0.478 e. The van der Waals surface area contributed by atoms with Crippen LogP contribution >= 0.6 is 11.6 Å². The first-order chi connectivity index (χ1) is 6.70. The molecular formula is C10H6ClNO2. The van der Waals surface area contributed by atoms with Gasteiger partial charge < -0.3 is 5.11 Å². The monoisotopic (exact) mass is 207 g/mol. The first kappa shape index (κ1) is 8.97. The highest BCUT2D eigenvalue weighted by molar-refractivity contribution is 6.35. The van der Waals surface area contributed by atoms with E-state index in [0.29, 0.717) is 15.9 Å². The van der Waals surface area contributed by atoms with Crippen molar-refractivity contribution in [1.82, 2.24) is 4.98 Å². The van der Waals surface area contributed by atoms with Gasteiger partial charge in [-0.2, -0.15) is 0 Å². The zero-order chi connectivity index (χ0) is 10.1. The molecule has 3 nitrogen and oxygen atoms in total. The van der Waals surface area contributed by atoms with Gasteiger partial charge in [-0.3, -0.25) is 4.98 Å². The van der Waals surface area contributed by atoms with Crippen LogP contribution in [0.2, 0.25) is 5.02 Å². The van der Waals surface area contributed by atoms with Crippen LogP contribution in [-0.4, -0.2) is 16.1 Å². The molecule has 1 aromatic heterocycles. The molecule has 70 valence electrons. The zero-order valence-corrected chi connectivity index (χ0v) is 7.82. The summed E-state index contributed by atoms with van der Waals surface area (Å²) in [4.78, 5) is 14.9. The van der Waals surface area contributed by atoms with E-state index in [1.807, 2.05) is 0 Å². The highest BCUT2D eigenvalue weighted by Gasteiger charge is 2.09. The molecule has 4 heteroatoms. The second kappa shape index (κ2) is 3.27. The van der Waals surface area contributed by atoms with Gasteiger partial charge in [0.05, 0.1) is 16.1 Å². The molecule has 1 aromatic carbocycles. The van der Waals surface area contributed by atoms with Gasteiger partial charge in [0.25, 0.3) is 0 Å². The zero-order valence-electron chi connectivity index (χ0n) is 7.07. The predicted octanol–water partition coefficient (Wildman–Crippen LogP) is 2.59. The average Bonchev–Trinajstić information content (AvgIpc) is 2.17. The van der Waals surface area contributed by atoms with Crippen LogP contribution in [0.25, 0.3) is 10.9 Å². The molecule has 0 atom stereocenters. The van der Waals surface area contributed by atoms with Gasteiger partial charge in [-0.15, -0.1) is 0 Å². The van der Waals surface area contributed by atoms with Crippen molar-refractivity contribution in [3.05, 3.63) is 41.0 Å². The third-order valence-electron chi connectivity index (χ3n) is 1.95. The van der Waals surface area contributed by atoms with Gasteiger partial charge in [0, 0.05) is 11.6 Å². The minimum absolute atomic E-state index is 0.220.